The van der Waals surface area contributed by atoms with Gasteiger partial charge in [0.15, 0.2) is 0 Å². The molecule has 0 N–H and O–H groups in total. The molecule has 24 heavy (non-hydrogen) atoms. The van der Waals surface area contributed by atoms with Gasteiger partial charge >= 0.3 is 0 Å². The average Bonchev–Trinajstić information content (AvgIpc) is 2.77. The van der Waals surface area contributed by atoms with Crippen molar-refractivity contribution in [2.24, 2.45) is 0 Å². The number of carbonyl (C=O) groups is 2. The van der Waals surface area contributed by atoms with Crippen LogP contribution in [0.2, 0.25) is 0 Å². The lowest BCUT2D eigenvalue weighted by atomic mass is 10.0. The van der Waals surface area contributed by atoms with Crippen LogP contribution in [-0.2, 0) is 0 Å². The number of benzene rings is 3. The molecule has 3 aromatic carbocycles. The molecule has 0 bridgehead atoms. The van der Waals surface area contributed by atoms with Gasteiger partial charge in [-0.2, -0.15) is 0 Å². The Hall–Kier alpha value is -2.94. The van der Waals surface area contributed by atoms with Crippen LogP contribution in [0, 0.1) is 20.8 Å². The van der Waals surface area contributed by atoms with Gasteiger partial charge in [-0.05, 0) is 54.8 Å². The van der Waals surface area contributed by atoms with Crippen LogP contribution in [0.1, 0.15) is 37.4 Å². The van der Waals surface area contributed by atoms with E-state index in [2.05, 4.69) is 0 Å². The zero-order valence-corrected chi connectivity index (χ0v) is 13.9. The first-order valence-electron chi connectivity index (χ1n) is 7.97. The normalized spacial score (nSPS) is 13.7. The van der Waals surface area contributed by atoms with E-state index in [9.17, 15) is 9.59 Å². The Morgan fingerprint density at radius 1 is 0.708 bits per heavy atom. The third kappa shape index (κ3) is 1.98. The van der Waals surface area contributed by atoms with E-state index in [0.717, 1.165) is 27.5 Å². The van der Waals surface area contributed by atoms with Gasteiger partial charge in [-0.25, -0.2) is 4.90 Å². The van der Waals surface area contributed by atoms with Crippen LogP contribution in [-0.4, -0.2) is 11.8 Å². The lowest BCUT2D eigenvalue weighted by Crippen LogP contribution is -2.30. The minimum atomic E-state index is -0.240. The molecule has 0 aromatic heterocycles. The minimum absolute atomic E-state index is 0.240. The van der Waals surface area contributed by atoms with Crippen molar-refractivity contribution in [1.29, 1.82) is 0 Å². The van der Waals surface area contributed by atoms with Crippen LogP contribution in [0.15, 0.2) is 48.5 Å². The van der Waals surface area contributed by atoms with E-state index in [-0.39, 0.29) is 11.8 Å². The zero-order chi connectivity index (χ0) is 17.0. The van der Waals surface area contributed by atoms with Gasteiger partial charge < -0.3 is 0 Å². The minimum Gasteiger partial charge on any atom is -0.268 e. The monoisotopic (exact) mass is 315 g/mol. The predicted octanol–water partition coefficient (Wildman–Crippen LogP) is 4.57. The maximum absolute atomic E-state index is 12.9. The molecule has 1 heterocycles. The Morgan fingerprint density at radius 2 is 1.17 bits per heavy atom. The Morgan fingerprint density at radius 3 is 1.62 bits per heavy atom. The summed E-state index contributed by atoms with van der Waals surface area (Å²) in [4.78, 5) is 27.2. The van der Waals surface area contributed by atoms with Gasteiger partial charge in [-0.15, -0.1) is 0 Å². The van der Waals surface area contributed by atoms with Crippen molar-refractivity contribution in [3.8, 4) is 0 Å². The first-order chi connectivity index (χ1) is 11.5. The molecule has 3 aromatic rings. The highest BCUT2D eigenvalue weighted by Crippen LogP contribution is 2.35. The first kappa shape index (κ1) is 14.6. The molecule has 0 fully saturated rings. The second kappa shape index (κ2) is 5.03. The van der Waals surface area contributed by atoms with E-state index >= 15 is 0 Å². The molecule has 0 unspecified atom stereocenters. The lowest BCUT2D eigenvalue weighted by Gasteiger charge is -2.20. The van der Waals surface area contributed by atoms with Crippen molar-refractivity contribution in [2.45, 2.75) is 20.8 Å². The SMILES string of the molecule is Cc1cc(C)c(N2C(=O)c3cc4ccccc4cc3C2=O)c(C)c1. The molecule has 0 radical (unpaired) electrons. The number of rotatable bonds is 1. The molecule has 0 atom stereocenters. The van der Waals surface area contributed by atoms with Crippen LogP contribution in [0.25, 0.3) is 10.8 Å². The molecule has 1 aliphatic rings. The highest BCUT2D eigenvalue weighted by atomic mass is 16.2. The molecule has 118 valence electrons. The van der Waals surface area contributed by atoms with Crippen LogP contribution in [0.4, 0.5) is 5.69 Å². The third-order valence-electron chi connectivity index (χ3n) is 4.61. The lowest BCUT2D eigenvalue weighted by molar-refractivity contribution is 0.0925. The molecule has 3 heteroatoms. The van der Waals surface area contributed by atoms with Crippen LogP contribution < -0.4 is 4.90 Å². The van der Waals surface area contributed by atoms with Gasteiger partial charge in [-0.3, -0.25) is 9.59 Å². The summed E-state index contributed by atoms with van der Waals surface area (Å²) in [6, 6.07) is 15.4. The van der Waals surface area contributed by atoms with Crippen LogP contribution in [0.3, 0.4) is 0 Å². The fourth-order valence-electron chi connectivity index (χ4n) is 3.66. The second-order valence-electron chi connectivity index (χ2n) is 6.44. The summed E-state index contributed by atoms with van der Waals surface area (Å²) in [7, 11) is 0. The molecule has 0 saturated carbocycles. The maximum atomic E-state index is 12.9. The van der Waals surface area contributed by atoms with Crippen molar-refractivity contribution >= 4 is 28.3 Å². The molecule has 0 saturated heterocycles. The smallest absolute Gasteiger partial charge is 0.266 e. The van der Waals surface area contributed by atoms with Crippen LogP contribution >= 0.6 is 0 Å². The second-order valence-corrected chi connectivity index (χ2v) is 6.44. The molecule has 2 amide bonds. The van der Waals surface area contributed by atoms with Crippen molar-refractivity contribution in [1.82, 2.24) is 0 Å². The average molecular weight is 315 g/mol. The Kier molecular flexibility index (Phi) is 3.07. The quantitative estimate of drug-likeness (QED) is 0.617. The molecule has 4 rings (SSSR count). The molecule has 1 aliphatic heterocycles. The number of aryl methyl sites for hydroxylation is 3. The highest BCUT2D eigenvalue weighted by molar-refractivity contribution is 6.35. The van der Waals surface area contributed by atoms with Gasteiger partial charge in [0.05, 0.1) is 16.8 Å². The number of imide groups is 1. The van der Waals surface area contributed by atoms with Gasteiger partial charge in [0, 0.05) is 0 Å². The number of hydrogen-bond acceptors (Lipinski definition) is 2. The zero-order valence-electron chi connectivity index (χ0n) is 13.9. The summed E-state index contributed by atoms with van der Waals surface area (Å²) in [6.07, 6.45) is 0. The summed E-state index contributed by atoms with van der Waals surface area (Å²) < 4.78 is 0. The van der Waals surface area contributed by atoms with Crippen molar-refractivity contribution in [3.63, 3.8) is 0 Å². The van der Waals surface area contributed by atoms with Crippen molar-refractivity contribution in [3.05, 3.63) is 76.3 Å². The Bertz CT molecular complexity index is 956. The number of carbonyl (C=O) groups excluding carboxylic acids is 2. The largest absolute Gasteiger partial charge is 0.268 e. The Balaban J connectivity index is 1.93. The molecule has 0 aliphatic carbocycles. The van der Waals surface area contributed by atoms with E-state index in [1.165, 1.54) is 4.90 Å². The number of amides is 2. The summed E-state index contributed by atoms with van der Waals surface area (Å²) in [5.41, 5.74) is 4.67. The molecule has 3 nitrogen and oxygen atoms in total. The number of nitrogens with zero attached hydrogens (tertiary/aromatic N) is 1. The number of anilines is 1. The van der Waals surface area contributed by atoms with Gasteiger partial charge in [0.2, 0.25) is 0 Å². The number of hydrogen-bond donors (Lipinski definition) is 0. The van der Waals surface area contributed by atoms with E-state index in [4.69, 9.17) is 0 Å². The van der Waals surface area contributed by atoms with Crippen molar-refractivity contribution in [2.75, 3.05) is 4.90 Å². The van der Waals surface area contributed by atoms with E-state index in [1.54, 1.807) is 0 Å². The molecular weight excluding hydrogens is 298 g/mol. The summed E-state index contributed by atoms with van der Waals surface area (Å²) in [5.74, 6) is -0.480. The molecular formula is C21H17NO2. The molecule has 0 spiro atoms. The summed E-state index contributed by atoms with van der Waals surface area (Å²) in [5, 5.41) is 1.94. The standard InChI is InChI=1S/C21H17NO2/c1-12-8-13(2)19(14(3)9-12)22-20(23)17-10-15-6-4-5-7-16(15)11-18(17)21(22)24/h4-11H,1-3H3. The predicted molar refractivity (Wildman–Crippen MR) is 95.7 cm³/mol. The third-order valence-corrected chi connectivity index (χ3v) is 4.61. The van der Waals surface area contributed by atoms with Gasteiger partial charge in [-0.1, -0.05) is 42.0 Å². The fourth-order valence-corrected chi connectivity index (χ4v) is 3.66. The topological polar surface area (TPSA) is 37.4 Å². The Labute approximate surface area is 140 Å². The van der Waals surface area contributed by atoms with E-state index in [0.29, 0.717) is 16.8 Å². The summed E-state index contributed by atoms with van der Waals surface area (Å²) >= 11 is 0. The van der Waals surface area contributed by atoms with Gasteiger partial charge in [0.25, 0.3) is 11.8 Å². The van der Waals surface area contributed by atoms with Gasteiger partial charge in [0.1, 0.15) is 0 Å². The van der Waals surface area contributed by atoms with Crippen molar-refractivity contribution < 1.29 is 9.59 Å². The fraction of sp³-hybridized carbons (Fsp3) is 0.143. The number of fused-ring (bicyclic) bond motifs is 2. The summed E-state index contributed by atoms with van der Waals surface area (Å²) in [6.45, 7) is 5.89. The van der Waals surface area contributed by atoms with Crippen LogP contribution in [0.5, 0.6) is 0 Å². The highest BCUT2D eigenvalue weighted by Gasteiger charge is 2.38. The first-order valence-corrected chi connectivity index (χ1v) is 7.97. The maximum Gasteiger partial charge on any atom is 0.266 e. The van der Waals surface area contributed by atoms with E-state index in [1.807, 2.05) is 69.3 Å². The van der Waals surface area contributed by atoms with E-state index < -0.39 is 0 Å².